The van der Waals surface area contributed by atoms with Crippen LogP contribution in [0.2, 0.25) is 0 Å². The minimum Gasteiger partial charge on any atom is -0.353 e. The topological polar surface area (TPSA) is 107 Å². The third-order valence-corrected chi connectivity index (χ3v) is 5.87. The van der Waals surface area contributed by atoms with Crippen LogP contribution in [0.25, 0.3) is 5.57 Å². The first-order valence-corrected chi connectivity index (χ1v) is 9.15. The summed E-state index contributed by atoms with van der Waals surface area (Å²) >= 11 is 1.77. The molecule has 1 unspecified atom stereocenters. The lowest BCUT2D eigenvalue weighted by Gasteiger charge is -2.37. The fourth-order valence-corrected chi connectivity index (χ4v) is 4.19. The van der Waals surface area contributed by atoms with Gasteiger partial charge in [0.15, 0.2) is 0 Å². The second-order valence-corrected chi connectivity index (χ2v) is 7.71. The first kappa shape index (κ1) is 18.2. The summed E-state index contributed by atoms with van der Waals surface area (Å²) in [6, 6.07) is 2.18. The molecule has 0 aromatic carbocycles. The van der Waals surface area contributed by atoms with Crippen molar-refractivity contribution in [1.29, 1.82) is 0 Å². The first-order chi connectivity index (χ1) is 12.3. The molecule has 7 nitrogen and oxygen atoms in total. The maximum Gasteiger partial charge on any atom is 0.325 e. The number of nitrogens with one attached hydrogen (secondary N) is 3. The lowest BCUT2D eigenvalue weighted by Crippen LogP contribution is -2.43. The Morgan fingerprint density at radius 1 is 1.31 bits per heavy atom. The molecular weight excluding hydrogens is 350 g/mol. The van der Waals surface area contributed by atoms with E-state index < -0.39 is 11.2 Å². The summed E-state index contributed by atoms with van der Waals surface area (Å²) in [4.78, 5) is 32.4. The number of thiophene rings is 1. The number of aryl methyl sites for hydroxylation is 2. The quantitative estimate of drug-likeness (QED) is 0.653. The van der Waals surface area contributed by atoms with Gasteiger partial charge in [0.25, 0.3) is 5.56 Å². The molecule has 0 amide bonds. The summed E-state index contributed by atoms with van der Waals surface area (Å²) in [6.07, 6.45) is 3.49. The maximum atomic E-state index is 12.0. The number of nitrogens with two attached hydrogens (primary N) is 1. The number of allylic oxidation sites excluding steroid dienone is 2. The molecule has 0 saturated carbocycles. The van der Waals surface area contributed by atoms with Crippen LogP contribution in [0.15, 0.2) is 39.3 Å². The number of aromatic nitrogens is 2. The molecule has 0 saturated heterocycles. The number of hydrogen-bond donors (Lipinski definition) is 4. The van der Waals surface area contributed by atoms with Gasteiger partial charge in [-0.05, 0) is 49.6 Å². The van der Waals surface area contributed by atoms with E-state index >= 15 is 0 Å². The smallest absolute Gasteiger partial charge is 0.325 e. The first-order valence-electron chi connectivity index (χ1n) is 8.33. The van der Waals surface area contributed by atoms with E-state index in [0.717, 1.165) is 11.4 Å². The highest BCUT2D eigenvalue weighted by atomic mass is 32.1. The van der Waals surface area contributed by atoms with Crippen molar-refractivity contribution in [2.75, 3.05) is 18.9 Å². The number of likely N-dealkylation sites (N-methyl/N-ethyl adjacent to an activating group) is 1. The average Bonchev–Trinajstić information content (AvgIpc) is 2.91. The fourth-order valence-electron chi connectivity index (χ4n) is 3.09. The van der Waals surface area contributed by atoms with Crippen LogP contribution >= 0.6 is 11.3 Å². The van der Waals surface area contributed by atoms with Crippen molar-refractivity contribution in [3.8, 4) is 0 Å². The van der Waals surface area contributed by atoms with E-state index in [0.29, 0.717) is 6.54 Å². The van der Waals surface area contributed by atoms with E-state index in [9.17, 15) is 9.59 Å². The third-order valence-electron chi connectivity index (χ3n) is 4.67. The molecule has 1 atom stereocenters. The summed E-state index contributed by atoms with van der Waals surface area (Å²) in [7, 11) is 1.95. The van der Waals surface area contributed by atoms with Gasteiger partial charge in [-0.15, -0.1) is 11.3 Å². The van der Waals surface area contributed by atoms with Gasteiger partial charge < -0.3 is 20.9 Å². The molecule has 2 aromatic rings. The van der Waals surface area contributed by atoms with Crippen LogP contribution in [0.3, 0.4) is 0 Å². The second-order valence-electron chi connectivity index (χ2n) is 6.45. The van der Waals surface area contributed by atoms with E-state index in [1.54, 1.807) is 11.3 Å². The van der Waals surface area contributed by atoms with Crippen LogP contribution in [-0.4, -0.2) is 34.5 Å². The van der Waals surface area contributed by atoms with Crippen molar-refractivity contribution in [3.63, 3.8) is 0 Å². The molecule has 8 heteroatoms. The van der Waals surface area contributed by atoms with E-state index in [-0.39, 0.29) is 11.7 Å². The summed E-state index contributed by atoms with van der Waals surface area (Å²) in [5.41, 5.74) is 8.79. The third kappa shape index (κ3) is 3.25. The Hall–Kier alpha value is -2.58. The summed E-state index contributed by atoms with van der Waals surface area (Å²) in [6.45, 7) is 6.65. The van der Waals surface area contributed by atoms with Crippen molar-refractivity contribution in [2.45, 2.75) is 26.8 Å². The largest absolute Gasteiger partial charge is 0.353 e. The lowest BCUT2D eigenvalue weighted by molar-refractivity contribution is 0.363. The summed E-state index contributed by atoms with van der Waals surface area (Å²) in [5.74, 6) is 0.784. The average molecular weight is 373 g/mol. The normalized spacial score (nSPS) is 17.5. The van der Waals surface area contributed by atoms with Crippen molar-refractivity contribution in [3.05, 3.63) is 65.9 Å². The minimum absolute atomic E-state index is 0.0134. The molecule has 0 aliphatic carbocycles. The predicted molar refractivity (Wildman–Crippen MR) is 106 cm³/mol. The zero-order chi connectivity index (χ0) is 19.0. The van der Waals surface area contributed by atoms with Crippen LogP contribution < -0.4 is 22.3 Å². The number of anilines is 1. The van der Waals surface area contributed by atoms with E-state index in [1.807, 2.05) is 18.9 Å². The monoisotopic (exact) mass is 373 g/mol. The van der Waals surface area contributed by atoms with Gasteiger partial charge in [-0.2, -0.15) is 0 Å². The molecule has 3 heterocycles. The molecule has 138 valence electrons. The molecule has 0 fully saturated rings. The standard InChI is InChI=1S/C18H23N5O2S/c1-9-6-15(26-11(9)3)12-5-10(2)16(23(4)14(12)7-19)21-13-8-20-18(25)22-17(13)24/h5-6,8,14,21H,7,19H2,1-4H3,(H2,20,22,24,25). The molecule has 0 spiro atoms. The number of H-pyrrole nitrogens is 2. The molecule has 2 aromatic heterocycles. The second kappa shape index (κ2) is 6.97. The van der Waals surface area contributed by atoms with Crippen molar-refractivity contribution in [2.24, 2.45) is 5.73 Å². The van der Waals surface area contributed by atoms with Crippen LogP contribution in [0.5, 0.6) is 0 Å². The summed E-state index contributed by atoms with van der Waals surface area (Å²) in [5, 5.41) is 3.12. The Morgan fingerprint density at radius 3 is 2.62 bits per heavy atom. The highest BCUT2D eigenvalue weighted by Gasteiger charge is 2.28. The Morgan fingerprint density at radius 2 is 2.04 bits per heavy atom. The van der Waals surface area contributed by atoms with Gasteiger partial charge in [-0.25, -0.2) is 4.79 Å². The number of hydrogen-bond acceptors (Lipinski definition) is 6. The van der Waals surface area contributed by atoms with Gasteiger partial charge in [0.05, 0.1) is 6.04 Å². The molecule has 3 rings (SSSR count). The highest BCUT2D eigenvalue weighted by Crippen LogP contribution is 2.35. The minimum atomic E-state index is -0.534. The van der Waals surface area contributed by atoms with E-state index in [2.05, 4.69) is 41.3 Å². The van der Waals surface area contributed by atoms with Gasteiger partial charge in [0, 0.05) is 29.5 Å². The molecule has 1 aliphatic heterocycles. The maximum absolute atomic E-state index is 12.0. The molecule has 0 bridgehead atoms. The van der Waals surface area contributed by atoms with Crippen LogP contribution in [0.1, 0.15) is 22.2 Å². The van der Waals surface area contributed by atoms with Gasteiger partial charge in [0.2, 0.25) is 0 Å². The SMILES string of the molecule is CC1=C(Nc2c[nH]c(=O)[nH]c2=O)N(C)C(CN)C(c2cc(C)c(C)s2)=C1. The lowest BCUT2D eigenvalue weighted by atomic mass is 9.97. The fraction of sp³-hybridized carbons (Fsp3) is 0.333. The Labute approximate surface area is 155 Å². The predicted octanol–water partition coefficient (Wildman–Crippen LogP) is 1.74. The number of aromatic amines is 2. The van der Waals surface area contributed by atoms with Crippen molar-refractivity contribution < 1.29 is 0 Å². The van der Waals surface area contributed by atoms with Gasteiger partial charge >= 0.3 is 5.69 Å². The number of rotatable bonds is 4. The van der Waals surface area contributed by atoms with Crippen molar-refractivity contribution in [1.82, 2.24) is 14.9 Å². The molecular formula is C18H23N5O2S. The van der Waals surface area contributed by atoms with E-state index in [1.165, 1.54) is 27.1 Å². The van der Waals surface area contributed by atoms with Crippen molar-refractivity contribution >= 4 is 22.6 Å². The van der Waals surface area contributed by atoms with Crippen LogP contribution in [0, 0.1) is 13.8 Å². The van der Waals surface area contributed by atoms with Crippen LogP contribution in [0.4, 0.5) is 5.69 Å². The zero-order valence-corrected chi connectivity index (χ0v) is 16.1. The molecule has 0 radical (unpaired) electrons. The molecule has 5 N–H and O–H groups in total. The van der Waals surface area contributed by atoms with E-state index in [4.69, 9.17) is 5.73 Å². The molecule has 1 aliphatic rings. The van der Waals surface area contributed by atoms with Crippen LogP contribution in [-0.2, 0) is 0 Å². The van der Waals surface area contributed by atoms with Gasteiger partial charge in [-0.3, -0.25) is 9.78 Å². The molecule has 26 heavy (non-hydrogen) atoms. The Kier molecular flexibility index (Phi) is 4.88. The number of nitrogens with zero attached hydrogens (tertiary/aromatic N) is 1. The highest BCUT2D eigenvalue weighted by molar-refractivity contribution is 7.13. The zero-order valence-electron chi connectivity index (χ0n) is 15.3. The van der Waals surface area contributed by atoms with Gasteiger partial charge in [-0.1, -0.05) is 0 Å². The Bertz CT molecular complexity index is 992. The summed E-state index contributed by atoms with van der Waals surface area (Å²) < 4.78 is 0. The van der Waals surface area contributed by atoms with Gasteiger partial charge in [0.1, 0.15) is 11.5 Å². The Balaban J connectivity index is 2.04.